The first-order chi connectivity index (χ1) is 10.8. The Labute approximate surface area is 134 Å². The molecule has 1 aromatic rings. The summed E-state index contributed by atoms with van der Waals surface area (Å²) < 4.78 is 0. The number of hydrogen-bond acceptors (Lipinski definition) is 4. The minimum Gasteiger partial charge on any atom is -0.370 e. The van der Waals surface area contributed by atoms with Crippen molar-refractivity contribution in [3.05, 3.63) is 24.0 Å². The number of anilines is 2. The van der Waals surface area contributed by atoms with Gasteiger partial charge in [0.05, 0.1) is 0 Å². The first kappa shape index (κ1) is 15.3. The lowest BCUT2D eigenvalue weighted by Crippen LogP contribution is -2.33. The first-order valence-electron chi connectivity index (χ1n) is 8.80. The van der Waals surface area contributed by atoms with Gasteiger partial charge in [-0.2, -0.15) is 0 Å². The monoisotopic (exact) mass is 300 g/mol. The molecule has 0 saturated carbocycles. The zero-order valence-corrected chi connectivity index (χ0v) is 13.7. The van der Waals surface area contributed by atoms with Gasteiger partial charge in [-0.15, -0.1) is 0 Å². The topological polar surface area (TPSA) is 41.0 Å². The van der Waals surface area contributed by atoms with Gasteiger partial charge in [-0.25, -0.2) is 9.97 Å². The molecule has 4 heteroatoms. The number of nitrogens with one attached hydrogen (secondary N) is 1. The van der Waals surface area contributed by atoms with Crippen molar-refractivity contribution in [1.29, 1.82) is 0 Å². The van der Waals surface area contributed by atoms with Crippen LogP contribution in [-0.2, 0) is 0 Å². The molecule has 0 amide bonds. The summed E-state index contributed by atoms with van der Waals surface area (Å²) >= 11 is 0. The highest BCUT2D eigenvalue weighted by Crippen LogP contribution is 2.23. The SMILES string of the molecule is CC1CCN(c2cc(NCCC3=CCCCC3)ncn2)CC1. The lowest BCUT2D eigenvalue weighted by molar-refractivity contribution is 0.436. The van der Waals surface area contributed by atoms with Crippen molar-refractivity contribution in [2.24, 2.45) is 5.92 Å². The molecule has 1 fully saturated rings. The molecule has 1 aliphatic carbocycles. The van der Waals surface area contributed by atoms with Gasteiger partial charge in [0.2, 0.25) is 0 Å². The third-order valence-electron chi connectivity index (χ3n) is 4.90. The predicted molar refractivity (Wildman–Crippen MR) is 92.3 cm³/mol. The zero-order valence-electron chi connectivity index (χ0n) is 13.7. The fourth-order valence-corrected chi connectivity index (χ4v) is 3.34. The van der Waals surface area contributed by atoms with E-state index in [9.17, 15) is 0 Å². The van der Waals surface area contributed by atoms with E-state index in [0.29, 0.717) is 0 Å². The van der Waals surface area contributed by atoms with Gasteiger partial charge in [-0.05, 0) is 50.9 Å². The fourth-order valence-electron chi connectivity index (χ4n) is 3.34. The summed E-state index contributed by atoms with van der Waals surface area (Å²) in [6.07, 6.45) is 13.0. The molecule has 0 atom stereocenters. The lowest BCUT2D eigenvalue weighted by atomic mass is 9.97. The number of piperidine rings is 1. The van der Waals surface area contributed by atoms with Gasteiger partial charge in [0.25, 0.3) is 0 Å². The molecule has 0 spiro atoms. The van der Waals surface area contributed by atoms with Crippen molar-refractivity contribution in [3.63, 3.8) is 0 Å². The molecule has 0 bridgehead atoms. The molecule has 2 aliphatic rings. The highest BCUT2D eigenvalue weighted by Gasteiger charge is 2.17. The van der Waals surface area contributed by atoms with Crippen molar-refractivity contribution in [2.45, 2.75) is 51.9 Å². The van der Waals surface area contributed by atoms with Gasteiger partial charge in [0.15, 0.2) is 0 Å². The van der Waals surface area contributed by atoms with Gasteiger partial charge < -0.3 is 10.2 Å². The summed E-state index contributed by atoms with van der Waals surface area (Å²) in [5.41, 5.74) is 1.61. The third kappa shape index (κ3) is 4.21. The highest BCUT2D eigenvalue weighted by molar-refractivity contribution is 5.48. The van der Waals surface area contributed by atoms with Crippen LogP contribution < -0.4 is 10.2 Å². The Morgan fingerprint density at radius 1 is 1.23 bits per heavy atom. The number of aromatic nitrogens is 2. The minimum atomic E-state index is 0.847. The average molecular weight is 300 g/mol. The maximum absolute atomic E-state index is 4.45. The highest BCUT2D eigenvalue weighted by atomic mass is 15.2. The van der Waals surface area contributed by atoms with E-state index in [0.717, 1.165) is 43.6 Å². The average Bonchev–Trinajstić information content (AvgIpc) is 2.57. The fraction of sp³-hybridized carbons (Fsp3) is 0.667. The van der Waals surface area contributed by atoms with E-state index in [4.69, 9.17) is 0 Å². The van der Waals surface area contributed by atoms with Crippen LogP contribution in [0.3, 0.4) is 0 Å². The van der Waals surface area contributed by atoms with Crippen molar-refractivity contribution < 1.29 is 0 Å². The maximum Gasteiger partial charge on any atom is 0.134 e. The summed E-state index contributed by atoms with van der Waals surface area (Å²) in [6.45, 7) is 5.54. The molecule has 120 valence electrons. The molecule has 3 rings (SSSR count). The van der Waals surface area contributed by atoms with Gasteiger partial charge in [-0.3, -0.25) is 0 Å². The third-order valence-corrected chi connectivity index (χ3v) is 4.90. The lowest BCUT2D eigenvalue weighted by Gasteiger charge is -2.31. The van der Waals surface area contributed by atoms with E-state index in [-0.39, 0.29) is 0 Å². The largest absolute Gasteiger partial charge is 0.370 e. The van der Waals surface area contributed by atoms with Gasteiger partial charge >= 0.3 is 0 Å². The Balaban J connectivity index is 1.51. The normalized spacial score (nSPS) is 19.9. The van der Waals surface area contributed by atoms with Gasteiger partial charge in [-0.1, -0.05) is 18.6 Å². The van der Waals surface area contributed by atoms with Crippen LogP contribution in [0.2, 0.25) is 0 Å². The Bertz CT molecular complexity index is 504. The van der Waals surface area contributed by atoms with Crippen molar-refractivity contribution >= 4 is 11.6 Å². The summed E-state index contributed by atoms with van der Waals surface area (Å²) in [4.78, 5) is 11.2. The van der Waals surface area contributed by atoms with E-state index in [2.05, 4.69) is 39.3 Å². The van der Waals surface area contributed by atoms with Crippen molar-refractivity contribution in [2.75, 3.05) is 29.9 Å². The van der Waals surface area contributed by atoms with E-state index in [1.165, 1.54) is 38.5 Å². The molecular formula is C18H28N4. The molecule has 0 unspecified atom stereocenters. The van der Waals surface area contributed by atoms with Crippen LogP contribution in [0.15, 0.2) is 24.0 Å². The van der Waals surface area contributed by atoms with Crippen molar-refractivity contribution in [1.82, 2.24) is 9.97 Å². The van der Waals surface area contributed by atoms with E-state index < -0.39 is 0 Å². The van der Waals surface area contributed by atoms with Crippen LogP contribution >= 0.6 is 0 Å². The zero-order chi connectivity index (χ0) is 15.2. The van der Waals surface area contributed by atoms with Crippen LogP contribution in [-0.4, -0.2) is 29.6 Å². The van der Waals surface area contributed by atoms with Crippen LogP contribution in [0.1, 0.15) is 51.9 Å². The number of hydrogen-bond donors (Lipinski definition) is 1. The molecule has 4 nitrogen and oxygen atoms in total. The molecule has 1 aromatic heterocycles. The summed E-state index contributed by atoms with van der Waals surface area (Å²) in [5.74, 6) is 2.88. The minimum absolute atomic E-state index is 0.847. The maximum atomic E-state index is 4.45. The molecule has 1 aliphatic heterocycles. The van der Waals surface area contributed by atoms with Gasteiger partial charge in [0, 0.05) is 25.7 Å². The van der Waals surface area contributed by atoms with E-state index in [1.54, 1.807) is 11.9 Å². The first-order valence-corrected chi connectivity index (χ1v) is 8.80. The predicted octanol–water partition coefficient (Wildman–Crippen LogP) is 4.02. The summed E-state index contributed by atoms with van der Waals surface area (Å²) in [6, 6.07) is 2.10. The Morgan fingerprint density at radius 3 is 2.86 bits per heavy atom. The molecular weight excluding hydrogens is 272 g/mol. The number of allylic oxidation sites excluding steroid dienone is 1. The second-order valence-corrected chi connectivity index (χ2v) is 6.72. The van der Waals surface area contributed by atoms with Crippen molar-refractivity contribution in [3.8, 4) is 0 Å². The summed E-state index contributed by atoms with van der Waals surface area (Å²) in [7, 11) is 0. The molecule has 0 aromatic carbocycles. The molecule has 22 heavy (non-hydrogen) atoms. The second kappa shape index (κ2) is 7.61. The van der Waals surface area contributed by atoms with Crippen LogP contribution in [0.25, 0.3) is 0 Å². The quantitative estimate of drug-likeness (QED) is 0.834. The van der Waals surface area contributed by atoms with E-state index >= 15 is 0 Å². The Kier molecular flexibility index (Phi) is 5.30. The van der Waals surface area contributed by atoms with Gasteiger partial charge in [0.1, 0.15) is 18.0 Å². The molecule has 1 N–H and O–H groups in total. The smallest absolute Gasteiger partial charge is 0.134 e. The molecule has 1 saturated heterocycles. The van der Waals surface area contributed by atoms with Crippen LogP contribution in [0.5, 0.6) is 0 Å². The summed E-state index contributed by atoms with van der Waals surface area (Å²) in [5, 5.41) is 3.46. The van der Waals surface area contributed by atoms with E-state index in [1.807, 2.05) is 0 Å². The number of nitrogens with zero attached hydrogens (tertiary/aromatic N) is 3. The number of rotatable bonds is 5. The Hall–Kier alpha value is -1.58. The second-order valence-electron chi connectivity index (χ2n) is 6.72. The van der Waals surface area contributed by atoms with Crippen LogP contribution in [0, 0.1) is 5.92 Å². The standard InChI is InChI=1S/C18H28N4/c1-15-8-11-22(12-9-15)18-13-17(20-14-21-18)19-10-7-16-5-3-2-4-6-16/h5,13-15H,2-4,6-12H2,1H3,(H,19,20,21). The van der Waals surface area contributed by atoms with Crippen LogP contribution in [0.4, 0.5) is 11.6 Å². The molecule has 0 radical (unpaired) electrons. The molecule has 2 heterocycles. The Morgan fingerprint density at radius 2 is 2.09 bits per heavy atom.